The Labute approximate surface area is 101 Å². The van der Waals surface area contributed by atoms with E-state index in [1.165, 1.54) is 28.4 Å². The SMILES string of the molecule is CC(C)C(O)CNCc1nc2c(s1)CCC2. The van der Waals surface area contributed by atoms with Gasteiger partial charge in [-0.25, -0.2) is 4.98 Å². The van der Waals surface area contributed by atoms with Gasteiger partial charge < -0.3 is 10.4 Å². The van der Waals surface area contributed by atoms with Gasteiger partial charge in [-0.15, -0.1) is 11.3 Å². The lowest BCUT2D eigenvalue weighted by atomic mass is 10.1. The zero-order valence-electron chi connectivity index (χ0n) is 9.99. The average molecular weight is 240 g/mol. The van der Waals surface area contributed by atoms with Crippen molar-refractivity contribution in [1.82, 2.24) is 10.3 Å². The summed E-state index contributed by atoms with van der Waals surface area (Å²) in [6.45, 7) is 5.51. The van der Waals surface area contributed by atoms with Crippen molar-refractivity contribution in [1.29, 1.82) is 0 Å². The monoisotopic (exact) mass is 240 g/mol. The highest BCUT2D eigenvalue weighted by molar-refractivity contribution is 7.11. The van der Waals surface area contributed by atoms with Gasteiger partial charge in [-0.05, 0) is 25.2 Å². The summed E-state index contributed by atoms with van der Waals surface area (Å²) in [5.41, 5.74) is 1.31. The number of hydrogen-bond donors (Lipinski definition) is 2. The Hall–Kier alpha value is -0.450. The normalized spacial score (nSPS) is 16.8. The number of fused-ring (bicyclic) bond motifs is 1. The fourth-order valence-corrected chi connectivity index (χ4v) is 3.01. The predicted octanol–water partition coefficient (Wildman–Crippen LogP) is 1.74. The van der Waals surface area contributed by atoms with Crippen LogP contribution < -0.4 is 5.32 Å². The summed E-state index contributed by atoms with van der Waals surface area (Å²) in [5.74, 6) is 0.314. The zero-order valence-corrected chi connectivity index (χ0v) is 10.8. The molecule has 90 valence electrons. The number of aromatic nitrogens is 1. The van der Waals surface area contributed by atoms with E-state index in [2.05, 4.69) is 10.3 Å². The summed E-state index contributed by atoms with van der Waals surface area (Å²) < 4.78 is 0. The van der Waals surface area contributed by atoms with E-state index in [1.807, 2.05) is 25.2 Å². The predicted molar refractivity (Wildman–Crippen MR) is 66.7 cm³/mol. The molecule has 0 saturated heterocycles. The molecule has 0 aliphatic heterocycles. The molecule has 1 unspecified atom stereocenters. The van der Waals surface area contributed by atoms with Crippen molar-refractivity contribution in [2.45, 2.75) is 45.8 Å². The van der Waals surface area contributed by atoms with Crippen LogP contribution in [-0.4, -0.2) is 22.7 Å². The molecule has 1 aliphatic carbocycles. The summed E-state index contributed by atoms with van der Waals surface area (Å²) in [6.07, 6.45) is 3.38. The van der Waals surface area contributed by atoms with E-state index in [4.69, 9.17) is 0 Å². The number of hydrogen-bond acceptors (Lipinski definition) is 4. The van der Waals surface area contributed by atoms with Crippen molar-refractivity contribution >= 4 is 11.3 Å². The number of aryl methyl sites for hydroxylation is 2. The van der Waals surface area contributed by atoms with Gasteiger partial charge in [0.25, 0.3) is 0 Å². The van der Waals surface area contributed by atoms with Gasteiger partial charge in [0.1, 0.15) is 5.01 Å². The highest BCUT2D eigenvalue weighted by Crippen LogP contribution is 2.27. The molecule has 1 aromatic heterocycles. The number of nitrogens with zero attached hydrogens (tertiary/aromatic N) is 1. The van der Waals surface area contributed by atoms with E-state index in [0.717, 1.165) is 13.0 Å². The summed E-state index contributed by atoms with van der Waals surface area (Å²) in [6, 6.07) is 0. The molecule has 4 heteroatoms. The Kier molecular flexibility index (Phi) is 3.95. The second kappa shape index (κ2) is 5.25. The Morgan fingerprint density at radius 1 is 1.44 bits per heavy atom. The van der Waals surface area contributed by atoms with Crippen LogP contribution in [0, 0.1) is 5.92 Å². The molecule has 0 fully saturated rings. The van der Waals surface area contributed by atoms with Crippen LogP contribution in [0.4, 0.5) is 0 Å². The third kappa shape index (κ3) is 2.81. The molecule has 0 saturated carbocycles. The topological polar surface area (TPSA) is 45.1 Å². The van der Waals surface area contributed by atoms with Gasteiger partial charge in [0.05, 0.1) is 11.8 Å². The van der Waals surface area contributed by atoms with Gasteiger partial charge in [0.15, 0.2) is 0 Å². The number of rotatable bonds is 5. The van der Waals surface area contributed by atoms with Gasteiger partial charge in [-0.3, -0.25) is 0 Å². The lowest BCUT2D eigenvalue weighted by molar-refractivity contribution is 0.123. The molecule has 2 rings (SSSR count). The number of aliphatic hydroxyl groups is 1. The largest absolute Gasteiger partial charge is 0.392 e. The fourth-order valence-electron chi connectivity index (χ4n) is 1.88. The van der Waals surface area contributed by atoms with Crippen molar-refractivity contribution in [2.24, 2.45) is 5.92 Å². The van der Waals surface area contributed by atoms with Gasteiger partial charge in [-0.1, -0.05) is 13.8 Å². The summed E-state index contributed by atoms with van der Waals surface area (Å²) in [5, 5.41) is 14.1. The van der Waals surface area contributed by atoms with Crippen LogP contribution in [0.5, 0.6) is 0 Å². The summed E-state index contributed by atoms with van der Waals surface area (Å²) in [4.78, 5) is 6.08. The number of aliphatic hydroxyl groups excluding tert-OH is 1. The second-order valence-corrected chi connectivity index (χ2v) is 5.94. The first-order chi connectivity index (χ1) is 7.66. The molecular weight excluding hydrogens is 220 g/mol. The van der Waals surface area contributed by atoms with Crippen LogP contribution in [0.15, 0.2) is 0 Å². The molecule has 1 aromatic rings. The molecule has 0 spiro atoms. The van der Waals surface area contributed by atoms with Crippen LogP contribution in [-0.2, 0) is 19.4 Å². The highest BCUT2D eigenvalue weighted by Gasteiger charge is 2.16. The lowest BCUT2D eigenvalue weighted by Gasteiger charge is -2.14. The maximum Gasteiger partial charge on any atom is 0.107 e. The molecule has 1 heterocycles. The van der Waals surface area contributed by atoms with Gasteiger partial charge in [0, 0.05) is 18.0 Å². The number of nitrogens with one attached hydrogen (secondary N) is 1. The smallest absolute Gasteiger partial charge is 0.107 e. The maximum atomic E-state index is 9.64. The van der Waals surface area contributed by atoms with Crippen LogP contribution in [0.2, 0.25) is 0 Å². The summed E-state index contributed by atoms with van der Waals surface area (Å²) in [7, 11) is 0. The third-order valence-electron chi connectivity index (χ3n) is 3.04. The van der Waals surface area contributed by atoms with Crippen molar-refractivity contribution in [3.63, 3.8) is 0 Å². The van der Waals surface area contributed by atoms with Crippen molar-refractivity contribution in [3.8, 4) is 0 Å². The van der Waals surface area contributed by atoms with Crippen molar-refractivity contribution in [2.75, 3.05) is 6.54 Å². The first kappa shape index (κ1) is 12.0. The highest BCUT2D eigenvalue weighted by atomic mass is 32.1. The minimum absolute atomic E-state index is 0.258. The Morgan fingerprint density at radius 2 is 2.25 bits per heavy atom. The first-order valence-electron chi connectivity index (χ1n) is 6.03. The minimum Gasteiger partial charge on any atom is -0.392 e. The van der Waals surface area contributed by atoms with E-state index in [0.29, 0.717) is 12.5 Å². The van der Waals surface area contributed by atoms with Crippen molar-refractivity contribution in [3.05, 3.63) is 15.6 Å². The maximum absolute atomic E-state index is 9.64. The van der Waals surface area contributed by atoms with E-state index >= 15 is 0 Å². The van der Waals surface area contributed by atoms with E-state index in [9.17, 15) is 5.11 Å². The van der Waals surface area contributed by atoms with E-state index in [-0.39, 0.29) is 6.10 Å². The quantitative estimate of drug-likeness (QED) is 0.824. The molecule has 2 N–H and O–H groups in total. The molecular formula is C12H20N2OS. The Bertz CT molecular complexity index is 327. The lowest BCUT2D eigenvalue weighted by Crippen LogP contribution is -2.30. The molecule has 3 nitrogen and oxygen atoms in total. The average Bonchev–Trinajstić information content (AvgIpc) is 2.77. The van der Waals surface area contributed by atoms with Gasteiger partial charge in [-0.2, -0.15) is 0 Å². The third-order valence-corrected chi connectivity index (χ3v) is 4.20. The van der Waals surface area contributed by atoms with Crippen LogP contribution >= 0.6 is 11.3 Å². The Balaban J connectivity index is 1.77. The molecule has 16 heavy (non-hydrogen) atoms. The van der Waals surface area contributed by atoms with Crippen molar-refractivity contribution < 1.29 is 5.11 Å². The molecule has 0 bridgehead atoms. The Morgan fingerprint density at radius 3 is 2.94 bits per heavy atom. The zero-order chi connectivity index (χ0) is 11.5. The van der Waals surface area contributed by atoms with E-state index in [1.54, 1.807) is 0 Å². The molecule has 1 aliphatic rings. The molecule has 0 amide bonds. The number of thiazole rings is 1. The van der Waals surface area contributed by atoms with E-state index < -0.39 is 0 Å². The summed E-state index contributed by atoms with van der Waals surface area (Å²) >= 11 is 1.83. The second-order valence-electron chi connectivity index (χ2n) is 4.77. The standard InChI is InChI=1S/C12H20N2OS/c1-8(2)10(15)6-13-7-12-14-9-4-3-5-11(9)16-12/h8,10,13,15H,3-7H2,1-2H3. The first-order valence-corrected chi connectivity index (χ1v) is 6.84. The molecule has 1 atom stereocenters. The van der Waals surface area contributed by atoms with Crippen LogP contribution in [0.25, 0.3) is 0 Å². The molecule has 0 aromatic carbocycles. The van der Waals surface area contributed by atoms with Crippen LogP contribution in [0.1, 0.15) is 35.8 Å². The minimum atomic E-state index is -0.258. The molecule has 0 radical (unpaired) electrons. The van der Waals surface area contributed by atoms with Crippen LogP contribution in [0.3, 0.4) is 0 Å². The fraction of sp³-hybridized carbons (Fsp3) is 0.750. The van der Waals surface area contributed by atoms with Gasteiger partial charge >= 0.3 is 0 Å². The van der Waals surface area contributed by atoms with Gasteiger partial charge in [0.2, 0.25) is 0 Å².